The molecule has 0 radical (unpaired) electrons. The van der Waals surface area contributed by atoms with Crippen molar-refractivity contribution in [3.8, 4) is 0 Å². The van der Waals surface area contributed by atoms with Crippen molar-refractivity contribution in [1.29, 1.82) is 0 Å². The van der Waals surface area contributed by atoms with Crippen LogP contribution in [-0.2, 0) is 4.74 Å². The van der Waals surface area contributed by atoms with Crippen molar-refractivity contribution in [2.45, 2.75) is 83.3 Å². The summed E-state index contributed by atoms with van der Waals surface area (Å²) in [4.78, 5) is 0. The van der Waals surface area contributed by atoms with E-state index in [-0.39, 0.29) is 5.60 Å². The Morgan fingerprint density at radius 2 is 2.00 bits per heavy atom. The molecule has 1 aliphatic carbocycles. The fourth-order valence-corrected chi connectivity index (χ4v) is 5.10. The third-order valence-corrected chi connectivity index (χ3v) is 6.46. The van der Waals surface area contributed by atoms with Crippen molar-refractivity contribution in [1.82, 2.24) is 5.32 Å². The van der Waals surface area contributed by atoms with E-state index in [1.165, 1.54) is 75.8 Å². The summed E-state index contributed by atoms with van der Waals surface area (Å²) in [5, 5.41) is 3.84. The van der Waals surface area contributed by atoms with E-state index in [4.69, 9.17) is 4.74 Å². The van der Waals surface area contributed by atoms with E-state index in [9.17, 15) is 0 Å². The van der Waals surface area contributed by atoms with Crippen LogP contribution < -0.4 is 5.32 Å². The largest absolute Gasteiger partial charge is 0.375 e. The molecule has 1 saturated carbocycles. The first-order valence-corrected chi connectivity index (χ1v) is 10.4. The van der Waals surface area contributed by atoms with Gasteiger partial charge in [-0.3, -0.25) is 0 Å². The van der Waals surface area contributed by atoms with E-state index in [0.29, 0.717) is 6.04 Å². The molecule has 1 spiro atoms. The summed E-state index contributed by atoms with van der Waals surface area (Å²) >= 11 is 2.14. The zero-order valence-corrected chi connectivity index (χ0v) is 15.0. The SMILES string of the molecule is CCCNC(CSCCC)C1CCOC2(CCCCC2)C1. The summed E-state index contributed by atoms with van der Waals surface area (Å²) < 4.78 is 6.28. The zero-order valence-electron chi connectivity index (χ0n) is 14.2. The molecule has 3 heteroatoms. The van der Waals surface area contributed by atoms with Crippen molar-refractivity contribution < 1.29 is 4.74 Å². The number of thioether (sulfide) groups is 1. The highest BCUT2D eigenvalue weighted by atomic mass is 32.2. The van der Waals surface area contributed by atoms with Gasteiger partial charge in [-0.25, -0.2) is 0 Å². The fraction of sp³-hybridized carbons (Fsp3) is 1.00. The summed E-state index contributed by atoms with van der Waals surface area (Å²) in [5.41, 5.74) is 0.253. The highest BCUT2D eigenvalue weighted by molar-refractivity contribution is 7.99. The van der Waals surface area contributed by atoms with E-state index in [0.717, 1.165) is 12.5 Å². The molecule has 2 rings (SSSR count). The van der Waals surface area contributed by atoms with E-state index in [2.05, 4.69) is 30.9 Å². The first kappa shape index (κ1) is 17.6. The molecule has 1 aliphatic heterocycles. The minimum Gasteiger partial charge on any atom is -0.375 e. The van der Waals surface area contributed by atoms with Crippen molar-refractivity contribution in [2.24, 2.45) is 5.92 Å². The van der Waals surface area contributed by atoms with E-state index in [1.807, 2.05) is 0 Å². The lowest BCUT2D eigenvalue weighted by atomic mass is 9.74. The second-order valence-corrected chi connectivity index (χ2v) is 8.13. The van der Waals surface area contributed by atoms with Gasteiger partial charge < -0.3 is 10.1 Å². The van der Waals surface area contributed by atoms with Gasteiger partial charge in [0.1, 0.15) is 0 Å². The van der Waals surface area contributed by atoms with Crippen LogP contribution in [-0.4, -0.2) is 36.3 Å². The average molecular weight is 314 g/mol. The highest BCUT2D eigenvalue weighted by Gasteiger charge is 2.40. The molecule has 0 bridgehead atoms. The van der Waals surface area contributed by atoms with Crippen molar-refractivity contribution in [3.63, 3.8) is 0 Å². The van der Waals surface area contributed by atoms with Gasteiger partial charge >= 0.3 is 0 Å². The van der Waals surface area contributed by atoms with Crippen LogP contribution in [0.2, 0.25) is 0 Å². The van der Waals surface area contributed by atoms with Gasteiger partial charge in [-0.2, -0.15) is 11.8 Å². The Kier molecular flexibility index (Phi) is 7.90. The number of hydrogen-bond donors (Lipinski definition) is 1. The first-order chi connectivity index (χ1) is 10.3. The molecule has 124 valence electrons. The average Bonchev–Trinajstić information content (AvgIpc) is 2.51. The zero-order chi connectivity index (χ0) is 15.0. The maximum Gasteiger partial charge on any atom is 0.0685 e. The molecule has 1 heterocycles. The smallest absolute Gasteiger partial charge is 0.0685 e. The molecule has 0 aromatic rings. The summed E-state index contributed by atoms with van der Waals surface area (Å²) in [7, 11) is 0. The molecule has 1 saturated heterocycles. The molecule has 2 fully saturated rings. The summed E-state index contributed by atoms with van der Waals surface area (Å²) in [6, 6.07) is 0.698. The van der Waals surface area contributed by atoms with Crippen LogP contribution in [0.15, 0.2) is 0 Å². The van der Waals surface area contributed by atoms with Crippen LogP contribution in [0.3, 0.4) is 0 Å². The van der Waals surface area contributed by atoms with Crippen LogP contribution in [0.4, 0.5) is 0 Å². The summed E-state index contributed by atoms with van der Waals surface area (Å²) in [6.45, 7) is 6.72. The molecule has 21 heavy (non-hydrogen) atoms. The Morgan fingerprint density at radius 1 is 1.19 bits per heavy atom. The summed E-state index contributed by atoms with van der Waals surface area (Å²) in [6.07, 6.45) is 11.9. The predicted molar refractivity (Wildman–Crippen MR) is 94.2 cm³/mol. The van der Waals surface area contributed by atoms with Crippen LogP contribution in [0, 0.1) is 5.92 Å². The van der Waals surface area contributed by atoms with Crippen LogP contribution in [0.25, 0.3) is 0 Å². The molecule has 2 aliphatic rings. The number of nitrogens with one attached hydrogen (secondary N) is 1. The highest BCUT2D eigenvalue weighted by Crippen LogP contribution is 2.41. The van der Waals surface area contributed by atoms with Crippen molar-refractivity contribution in [2.75, 3.05) is 24.7 Å². The maximum absolute atomic E-state index is 6.28. The van der Waals surface area contributed by atoms with Gasteiger partial charge in [0.15, 0.2) is 0 Å². The molecular formula is C18H35NOS. The molecule has 1 N–H and O–H groups in total. The molecule has 2 unspecified atom stereocenters. The lowest BCUT2D eigenvalue weighted by Crippen LogP contribution is -2.48. The normalized spacial score (nSPS) is 26.9. The monoisotopic (exact) mass is 313 g/mol. The Morgan fingerprint density at radius 3 is 2.71 bits per heavy atom. The second kappa shape index (κ2) is 9.42. The van der Waals surface area contributed by atoms with Gasteiger partial charge in [-0.1, -0.05) is 33.1 Å². The standard InChI is InChI=1S/C18H35NOS/c1-3-11-19-17(15-21-13-4-2)16-8-12-20-18(14-16)9-6-5-7-10-18/h16-17,19H,3-15H2,1-2H3. The fourth-order valence-electron chi connectivity index (χ4n) is 4.00. The molecule has 2 atom stereocenters. The van der Waals surface area contributed by atoms with Crippen molar-refractivity contribution in [3.05, 3.63) is 0 Å². The van der Waals surface area contributed by atoms with Crippen molar-refractivity contribution >= 4 is 11.8 Å². The Bertz CT molecular complexity index is 273. The Labute approximate surface area is 136 Å². The lowest BCUT2D eigenvalue weighted by Gasteiger charge is -2.45. The third-order valence-electron chi connectivity index (χ3n) is 5.17. The molecule has 0 aromatic heterocycles. The van der Waals surface area contributed by atoms with E-state index in [1.54, 1.807) is 0 Å². The topological polar surface area (TPSA) is 21.3 Å². The van der Waals surface area contributed by atoms with Gasteiger partial charge in [0, 0.05) is 18.4 Å². The molecule has 2 nitrogen and oxygen atoms in total. The number of ether oxygens (including phenoxy) is 1. The van der Waals surface area contributed by atoms with Crippen LogP contribution in [0.5, 0.6) is 0 Å². The predicted octanol–water partition coefficient (Wildman–Crippen LogP) is 4.63. The first-order valence-electron chi connectivity index (χ1n) is 9.25. The van der Waals surface area contributed by atoms with Gasteiger partial charge in [-0.05, 0) is 56.7 Å². The number of hydrogen-bond acceptors (Lipinski definition) is 3. The van der Waals surface area contributed by atoms with E-state index < -0.39 is 0 Å². The minimum atomic E-state index is 0.253. The maximum atomic E-state index is 6.28. The number of rotatable bonds is 8. The minimum absolute atomic E-state index is 0.253. The van der Waals surface area contributed by atoms with Gasteiger partial charge in [0.25, 0.3) is 0 Å². The van der Waals surface area contributed by atoms with Gasteiger partial charge in [0.2, 0.25) is 0 Å². The van der Waals surface area contributed by atoms with Gasteiger partial charge in [0.05, 0.1) is 5.60 Å². The molecule has 0 aromatic carbocycles. The summed E-state index contributed by atoms with van der Waals surface area (Å²) in [5.74, 6) is 3.42. The van der Waals surface area contributed by atoms with Crippen LogP contribution >= 0.6 is 11.8 Å². The van der Waals surface area contributed by atoms with Crippen LogP contribution in [0.1, 0.15) is 71.6 Å². The second-order valence-electron chi connectivity index (χ2n) is 6.98. The van der Waals surface area contributed by atoms with Gasteiger partial charge in [-0.15, -0.1) is 0 Å². The Balaban J connectivity index is 1.90. The quantitative estimate of drug-likeness (QED) is 0.660. The third kappa shape index (κ3) is 5.44. The van der Waals surface area contributed by atoms with E-state index >= 15 is 0 Å². The molecular weight excluding hydrogens is 278 g/mol. The lowest BCUT2D eigenvalue weighted by molar-refractivity contribution is -0.120. The molecule has 0 amide bonds. The Hall–Kier alpha value is 0.270.